The lowest BCUT2D eigenvalue weighted by Crippen LogP contribution is -2.27. The van der Waals surface area contributed by atoms with E-state index in [-0.39, 0.29) is 29.9 Å². The lowest BCUT2D eigenvalue weighted by atomic mass is 10.2. The number of halogens is 1. The first kappa shape index (κ1) is 14.0. The van der Waals surface area contributed by atoms with Gasteiger partial charge in [0.1, 0.15) is 5.82 Å². The maximum Gasteiger partial charge on any atom is 0.221 e. The van der Waals surface area contributed by atoms with Crippen LogP contribution in [0.25, 0.3) is 0 Å². The average molecular weight is 285 g/mol. The zero-order chi connectivity index (χ0) is 13.9. The van der Waals surface area contributed by atoms with Gasteiger partial charge in [-0.2, -0.15) is 0 Å². The van der Waals surface area contributed by atoms with Crippen LogP contribution in [0.2, 0.25) is 0 Å². The van der Waals surface area contributed by atoms with E-state index >= 15 is 0 Å². The molecular weight excluding hydrogens is 269 g/mol. The van der Waals surface area contributed by atoms with Gasteiger partial charge in [-0.15, -0.1) is 0 Å². The van der Waals surface area contributed by atoms with Crippen molar-refractivity contribution in [2.75, 3.05) is 5.75 Å². The Balaban J connectivity index is 1.83. The lowest BCUT2D eigenvalue weighted by Gasteiger charge is -2.05. The summed E-state index contributed by atoms with van der Waals surface area (Å²) in [5.41, 5.74) is 0.531. The van der Waals surface area contributed by atoms with Gasteiger partial charge in [0.05, 0.1) is 11.5 Å². The Morgan fingerprint density at radius 1 is 1.26 bits per heavy atom. The molecular formula is C13H16FNO3S. The van der Waals surface area contributed by atoms with Crippen molar-refractivity contribution in [1.82, 2.24) is 5.32 Å². The fourth-order valence-corrected chi connectivity index (χ4v) is 3.02. The third-order valence-corrected chi connectivity index (χ3v) is 4.48. The topological polar surface area (TPSA) is 63.2 Å². The second-order valence-electron chi connectivity index (χ2n) is 4.81. The highest BCUT2D eigenvalue weighted by Crippen LogP contribution is 2.18. The van der Waals surface area contributed by atoms with Crippen LogP contribution >= 0.6 is 0 Å². The summed E-state index contributed by atoms with van der Waals surface area (Å²) in [7, 11) is -3.34. The van der Waals surface area contributed by atoms with Crippen LogP contribution in [0.3, 0.4) is 0 Å². The van der Waals surface area contributed by atoms with Gasteiger partial charge in [0, 0.05) is 12.5 Å². The Morgan fingerprint density at radius 2 is 1.89 bits per heavy atom. The zero-order valence-corrected chi connectivity index (χ0v) is 11.2. The molecule has 0 unspecified atom stereocenters. The maximum absolute atomic E-state index is 12.7. The molecule has 1 N–H and O–H groups in total. The van der Waals surface area contributed by atoms with E-state index in [2.05, 4.69) is 5.32 Å². The van der Waals surface area contributed by atoms with E-state index in [0.29, 0.717) is 5.56 Å². The number of rotatable bonds is 6. The van der Waals surface area contributed by atoms with Gasteiger partial charge < -0.3 is 5.32 Å². The summed E-state index contributed by atoms with van der Waals surface area (Å²) in [6.45, 7) is 0. The molecule has 1 aromatic rings. The average Bonchev–Trinajstić information content (AvgIpc) is 3.14. The van der Waals surface area contributed by atoms with Gasteiger partial charge in [-0.1, -0.05) is 12.1 Å². The lowest BCUT2D eigenvalue weighted by molar-refractivity contribution is -0.120. The number of benzene rings is 1. The van der Waals surface area contributed by atoms with Gasteiger partial charge in [-0.25, -0.2) is 12.8 Å². The third-order valence-electron chi connectivity index (χ3n) is 2.88. The Bertz CT molecular complexity index is 550. The number of nitrogens with one attached hydrogen (secondary N) is 1. The fraction of sp³-hybridized carbons (Fsp3) is 0.462. The minimum Gasteiger partial charge on any atom is -0.353 e. The Morgan fingerprint density at radius 3 is 2.47 bits per heavy atom. The molecule has 0 atom stereocenters. The van der Waals surface area contributed by atoms with Gasteiger partial charge in [0.25, 0.3) is 0 Å². The van der Waals surface area contributed by atoms with Gasteiger partial charge in [-0.3, -0.25) is 4.79 Å². The molecule has 0 radical (unpaired) electrons. The normalized spacial score (nSPS) is 15.2. The highest BCUT2D eigenvalue weighted by atomic mass is 32.2. The molecule has 1 aliphatic carbocycles. The van der Waals surface area contributed by atoms with Crippen molar-refractivity contribution in [2.45, 2.75) is 31.1 Å². The van der Waals surface area contributed by atoms with Crippen LogP contribution < -0.4 is 5.32 Å². The zero-order valence-electron chi connectivity index (χ0n) is 10.4. The van der Waals surface area contributed by atoms with E-state index in [1.54, 1.807) is 0 Å². The highest BCUT2D eigenvalue weighted by Gasteiger charge is 2.24. The van der Waals surface area contributed by atoms with Crippen LogP contribution in [0.5, 0.6) is 0 Å². The summed E-state index contributed by atoms with van der Waals surface area (Å²) < 4.78 is 36.3. The van der Waals surface area contributed by atoms with Crippen molar-refractivity contribution in [1.29, 1.82) is 0 Å². The molecule has 4 nitrogen and oxygen atoms in total. The number of hydrogen-bond donors (Lipinski definition) is 1. The Kier molecular flexibility index (Phi) is 4.19. The summed E-state index contributed by atoms with van der Waals surface area (Å²) in [6.07, 6.45) is 1.95. The van der Waals surface area contributed by atoms with Crippen molar-refractivity contribution in [2.24, 2.45) is 0 Å². The maximum atomic E-state index is 12.7. The van der Waals surface area contributed by atoms with E-state index in [9.17, 15) is 17.6 Å². The number of sulfone groups is 1. The van der Waals surface area contributed by atoms with Gasteiger partial charge in [0.15, 0.2) is 9.84 Å². The Labute approximate surface area is 111 Å². The molecule has 1 amide bonds. The molecule has 1 aromatic carbocycles. The number of carbonyl (C=O) groups is 1. The third kappa shape index (κ3) is 4.98. The number of hydrogen-bond acceptors (Lipinski definition) is 3. The molecule has 1 fully saturated rings. The van der Waals surface area contributed by atoms with Gasteiger partial charge in [-0.05, 0) is 30.5 Å². The van der Waals surface area contributed by atoms with E-state index in [1.165, 1.54) is 24.3 Å². The van der Waals surface area contributed by atoms with Crippen LogP contribution in [-0.4, -0.2) is 26.1 Å². The molecule has 0 saturated heterocycles. The molecule has 6 heteroatoms. The first-order chi connectivity index (χ1) is 8.94. The van der Waals surface area contributed by atoms with E-state index in [1.807, 2.05) is 0 Å². The molecule has 19 heavy (non-hydrogen) atoms. The second kappa shape index (κ2) is 5.69. The summed E-state index contributed by atoms with van der Waals surface area (Å²) in [5, 5.41) is 2.74. The molecule has 0 aromatic heterocycles. The second-order valence-corrected chi connectivity index (χ2v) is 6.99. The summed E-state index contributed by atoms with van der Waals surface area (Å²) in [5.74, 6) is -0.956. The molecule has 0 spiro atoms. The van der Waals surface area contributed by atoms with Crippen LogP contribution in [0.4, 0.5) is 4.39 Å². The predicted octanol–water partition coefficient (Wildman–Crippen LogP) is 1.41. The summed E-state index contributed by atoms with van der Waals surface area (Å²) >= 11 is 0. The number of amides is 1. The van der Waals surface area contributed by atoms with Gasteiger partial charge in [0.2, 0.25) is 5.91 Å². The molecule has 0 aliphatic heterocycles. The number of carbonyl (C=O) groups excluding carboxylic acids is 1. The monoisotopic (exact) mass is 285 g/mol. The minimum atomic E-state index is -3.34. The Hall–Kier alpha value is -1.43. The van der Waals surface area contributed by atoms with Crippen LogP contribution in [0.15, 0.2) is 24.3 Å². The van der Waals surface area contributed by atoms with Crippen molar-refractivity contribution < 1.29 is 17.6 Å². The minimum absolute atomic E-state index is 0.0139. The van der Waals surface area contributed by atoms with Crippen molar-refractivity contribution in [3.05, 3.63) is 35.6 Å². The quantitative estimate of drug-likeness (QED) is 0.859. The van der Waals surface area contributed by atoms with Crippen LogP contribution in [0.1, 0.15) is 24.8 Å². The fourth-order valence-electron chi connectivity index (χ4n) is 1.68. The molecule has 104 valence electrons. The SMILES string of the molecule is O=C(CCS(=O)(=O)Cc1ccc(F)cc1)NC1CC1. The first-order valence-electron chi connectivity index (χ1n) is 6.19. The summed E-state index contributed by atoms with van der Waals surface area (Å²) in [6, 6.07) is 5.58. The summed E-state index contributed by atoms with van der Waals surface area (Å²) in [4.78, 5) is 11.4. The van der Waals surface area contributed by atoms with Crippen molar-refractivity contribution >= 4 is 15.7 Å². The largest absolute Gasteiger partial charge is 0.353 e. The molecule has 2 rings (SSSR count). The van der Waals surface area contributed by atoms with Crippen molar-refractivity contribution in [3.63, 3.8) is 0 Å². The molecule has 0 bridgehead atoms. The predicted molar refractivity (Wildman–Crippen MR) is 69.7 cm³/mol. The highest BCUT2D eigenvalue weighted by molar-refractivity contribution is 7.90. The standard InChI is InChI=1S/C13H16FNO3S/c14-11-3-1-10(2-4-11)9-19(17,18)8-7-13(16)15-12-5-6-12/h1-4,12H,5-9H2,(H,15,16). The molecule has 0 heterocycles. The van der Waals surface area contributed by atoms with Crippen LogP contribution in [-0.2, 0) is 20.4 Å². The smallest absolute Gasteiger partial charge is 0.221 e. The molecule has 1 aliphatic rings. The van der Waals surface area contributed by atoms with E-state index < -0.39 is 15.7 Å². The van der Waals surface area contributed by atoms with Gasteiger partial charge >= 0.3 is 0 Å². The molecule has 1 saturated carbocycles. The van der Waals surface area contributed by atoms with E-state index in [0.717, 1.165) is 12.8 Å². The van der Waals surface area contributed by atoms with Crippen LogP contribution in [0, 0.1) is 5.82 Å². The van der Waals surface area contributed by atoms with E-state index in [4.69, 9.17) is 0 Å². The first-order valence-corrected chi connectivity index (χ1v) is 8.01. The van der Waals surface area contributed by atoms with Crippen molar-refractivity contribution in [3.8, 4) is 0 Å².